The molecule has 1 saturated heterocycles. The number of rotatable bonds is 4. The number of ether oxygens (including phenoxy) is 1. The van der Waals surface area contributed by atoms with E-state index in [4.69, 9.17) is 4.74 Å². The second-order valence-electron chi connectivity index (χ2n) is 7.10. The summed E-state index contributed by atoms with van der Waals surface area (Å²) in [6.07, 6.45) is 3.96. The van der Waals surface area contributed by atoms with Crippen LogP contribution in [-0.2, 0) is 4.74 Å². The molecule has 5 nitrogen and oxygen atoms in total. The number of anilines is 1. The highest BCUT2D eigenvalue weighted by molar-refractivity contribution is 7.20. The summed E-state index contributed by atoms with van der Waals surface area (Å²) >= 11 is 1.41. The van der Waals surface area contributed by atoms with Gasteiger partial charge in [-0.1, -0.05) is 20.8 Å². The van der Waals surface area contributed by atoms with E-state index in [-0.39, 0.29) is 5.97 Å². The molecule has 3 heterocycles. The Morgan fingerprint density at radius 1 is 1.38 bits per heavy atom. The molecule has 0 N–H and O–H groups in total. The molecule has 0 aromatic carbocycles. The highest BCUT2D eigenvalue weighted by Crippen LogP contribution is 2.36. The first kappa shape index (κ1) is 17.1. The molecule has 0 radical (unpaired) electrons. The summed E-state index contributed by atoms with van der Waals surface area (Å²) in [5, 5.41) is 1.01. The number of hydrogen-bond acceptors (Lipinski definition) is 6. The number of carbonyl (C=O) groups is 1. The Kier molecular flexibility index (Phi) is 5.04. The van der Waals surface area contributed by atoms with Gasteiger partial charge in [0.15, 0.2) is 0 Å². The zero-order chi connectivity index (χ0) is 17.3. The Bertz CT molecular complexity index is 733. The van der Waals surface area contributed by atoms with Crippen molar-refractivity contribution in [2.24, 2.45) is 11.8 Å². The van der Waals surface area contributed by atoms with Gasteiger partial charge in [0, 0.05) is 13.1 Å². The average molecular weight is 347 g/mol. The van der Waals surface area contributed by atoms with Gasteiger partial charge in [-0.05, 0) is 37.2 Å². The monoisotopic (exact) mass is 347 g/mol. The predicted octanol–water partition coefficient (Wildman–Crippen LogP) is 4.05. The van der Waals surface area contributed by atoms with E-state index in [0.717, 1.165) is 40.6 Å². The third kappa shape index (κ3) is 3.38. The van der Waals surface area contributed by atoms with Gasteiger partial charge in [-0.3, -0.25) is 0 Å². The summed E-state index contributed by atoms with van der Waals surface area (Å²) in [6.45, 7) is 10.8. The molecule has 130 valence electrons. The lowest BCUT2D eigenvalue weighted by molar-refractivity contribution is 0.0464. The summed E-state index contributed by atoms with van der Waals surface area (Å²) in [4.78, 5) is 25.2. The minimum Gasteiger partial charge on any atom is -0.461 e. The van der Waals surface area contributed by atoms with E-state index < -0.39 is 0 Å². The fourth-order valence-electron chi connectivity index (χ4n) is 3.02. The maximum absolute atomic E-state index is 12.4. The number of nitrogens with zero attached hydrogens (tertiary/aromatic N) is 3. The lowest BCUT2D eigenvalue weighted by atomic mass is 9.99. The highest BCUT2D eigenvalue weighted by atomic mass is 32.1. The SMILES string of the molecule is Cc1c(C(=O)OCC(C)C)sc2ncnc(N3CCC(C)CC3)c12. The molecule has 0 amide bonds. The largest absolute Gasteiger partial charge is 0.461 e. The number of esters is 1. The summed E-state index contributed by atoms with van der Waals surface area (Å²) in [5.74, 6) is 1.81. The minimum absolute atomic E-state index is 0.248. The Balaban J connectivity index is 1.93. The molecule has 1 aliphatic heterocycles. The van der Waals surface area contributed by atoms with Gasteiger partial charge >= 0.3 is 5.97 Å². The quantitative estimate of drug-likeness (QED) is 0.781. The molecular weight excluding hydrogens is 322 g/mol. The van der Waals surface area contributed by atoms with Gasteiger partial charge in [-0.25, -0.2) is 14.8 Å². The first-order valence-corrected chi connectivity index (χ1v) is 9.45. The van der Waals surface area contributed by atoms with Gasteiger partial charge in [0.05, 0.1) is 12.0 Å². The third-order valence-electron chi connectivity index (χ3n) is 4.52. The van der Waals surface area contributed by atoms with Gasteiger partial charge in [0.2, 0.25) is 0 Å². The van der Waals surface area contributed by atoms with Gasteiger partial charge < -0.3 is 9.64 Å². The number of thiophene rings is 1. The third-order valence-corrected chi connectivity index (χ3v) is 5.70. The Labute approximate surface area is 147 Å². The standard InChI is InChI=1S/C18H25N3O2S/c1-11(2)9-23-18(22)15-13(4)14-16(19-10-20-17(14)24-15)21-7-5-12(3)6-8-21/h10-12H,5-9H2,1-4H3. The van der Waals surface area contributed by atoms with Crippen molar-refractivity contribution in [3.05, 3.63) is 16.8 Å². The number of hydrogen-bond donors (Lipinski definition) is 0. The zero-order valence-corrected chi connectivity index (χ0v) is 15.7. The first-order chi connectivity index (χ1) is 11.5. The fourth-order valence-corrected chi connectivity index (χ4v) is 4.05. The highest BCUT2D eigenvalue weighted by Gasteiger charge is 2.24. The maximum atomic E-state index is 12.4. The van der Waals surface area contributed by atoms with Crippen LogP contribution in [0.5, 0.6) is 0 Å². The molecule has 3 rings (SSSR count). The van der Waals surface area contributed by atoms with E-state index in [1.54, 1.807) is 6.33 Å². The van der Waals surface area contributed by atoms with Crippen molar-refractivity contribution in [1.82, 2.24) is 9.97 Å². The normalized spacial score (nSPS) is 16.1. The van der Waals surface area contributed by atoms with Crippen LogP contribution in [0.25, 0.3) is 10.2 Å². The van der Waals surface area contributed by atoms with Crippen LogP contribution in [0.15, 0.2) is 6.33 Å². The van der Waals surface area contributed by atoms with Crippen LogP contribution in [0, 0.1) is 18.8 Å². The van der Waals surface area contributed by atoms with Gasteiger partial charge in [-0.15, -0.1) is 11.3 Å². The Morgan fingerprint density at radius 3 is 2.75 bits per heavy atom. The molecule has 0 aliphatic carbocycles. The molecule has 0 unspecified atom stereocenters. The molecule has 2 aromatic heterocycles. The maximum Gasteiger partial charge on any atom is 0.348 e. The number of aryl methyl sites for hydroxylation is 1. The summed E-state index contributed by atoms with van der Waals surface area (Å²) in [6, 6.07) is 0. The van der Waals surface area contributed by atoms with Gasteiger partial charge in [0.25, 0.3) is 0 Å². The second kappa shape index (κ2) is 7.05. The van der Waals surface area contributed by atoms with E-state index in [1.807, 2.05) is 20.8 Å². The van der Waals surface area contributed by atoms with E-state index in [2.05, 4.69) is 21.8 Å². The van der Waals surface area contributed by atoms with Gasteiger partial charge in [0.1, 0.15) is 21.9 Å². The van der Waals surface area contributed by atoms with Crippen molar-refractivity contribution >= 4 is 33.3 Å². The van der Waals surface area contributed by atoms with Crippen LogP contribution in [0.3, 0.4) is 0 Å². The van der Waals surface area contributed by atoms with E-state index in [1.165, 1.54) is 24.2 Å². The lowest BCUT2D eigenvalue weighted by Crippen LogP contribution is -2.33. The fraction of sp³-hybridized carbons (Fsp3) is 0.611. The number of piperidine rings is 1. The Hall–Kier alpha value is -1.69. The van der Waals surface area contributed by atoms with E-state index in [9.17, 15) is 4.79 Å². The average Bonchev–Trinajstić information content (AvgIpc) is 2.90. The number of aromatic nitrogens is 2. The Morgan fingerprint density at radius 2 is 2.08 bits per heavy atom. The zero-order valence-electron chi connectivity index (χ0n) is 14.8. The molecule has 24 heavy (non-hydrogen) atoms. The summed E-state index contributed by atoms with van der Waals surface area (Å²) < 4.78 is 5.41. The van der Waals surface area contributed by atoms with Crippen LogP contribution in [0.4, 0.5) is 5.82 Å². The van der Waals surface area contributed by atoms with E-state index >= 15 is 0 Å². The molecule has 6 heteroatoms. The molecule has 1 aliphatic rings. The van der Waals surface area contributed by atoms with Crippen molar-refractivity contribution in [1.29, 1.82) is 0 Å². The van der Waals surface area contributed by atoms with Crippen LogP contribution in [0.2, 0.25) is 0 Å². The molecule has 0 saturated carbocycles. The van der Waals surface area contributed by atoms with Crippen molar-refractivity contribution < 1.29 is 9.53 Å². The van der Waals surface area contributed by atoms with Crippen LogP contribution < -0.4 is 4.90 Å². The molecule has 0 bridgehead atoms. The first-order valence-electron chi connectivity index (χ1n) is 8.63. The number of fused-ring (bicyclic) bond motifs is 1. The van der Waals surface area contributed by atoms with Crippen LogP contribution >= 0.6 is 11.3 Å². The lowest BCUT2D eigenvalue weighted by Gasteiger charge is -2.31. The molecule has 1 fully saturated rings. The smallest absolute Gasteiger partial charge is 0.348 e. The van der Waals surface area contributed by atoms with Crippen LogP contribution in [-0.4, -0.2) is 35.6 Å². The molecular formula is C18H25N3O2S. The van der Waals surface area contributed by atoms with Crippen molar-refractivity contribution in [2.45, 2.75) is 40.5 Å². The van der Waals surface area contributed by atoms with Gasteiger partial charge in [-0.2, -0.15) is 0 Å². The van der Waals surface area contributed by atoms with Crippen molar-refractivity contribution in [3.63, 3.8) is 0 Å². The molecule has 2 aromatic rings. The molecule has 0 spiro atoms. The summed E-state index contributed by atoms with van der Waals surface area (Å²) in [5.41, 5.74) is 0.943. The van der Waals surface area contributed by atoms with Crippen molar-refractivity contribution in [3.8, 4) is 0 Å². The number of carbonyl (C=O) groups excluding carboxylic acids is 1. The van der Waals surface area contributed by atoms with E-state index in [0.29, 0.717) is 17.4 Å². The molecule has 0 atom stereocenters. The topological polar surface area (TPSA) is 55.3 Å². The van der Waals surface area contributed by atoms with Crippen molar-refractivity contribution in [2.75, 3.05) is 24.6 Å². The van der Waals surface area contributed by atoms with Crippen LogP contribution in [0.1, 0.15) is 48.8 Å². The summed E-state index contributed by atoms with van der Waals surface area (Å²) in [7, 11) is 0. The predicted molar refractivity (Wildman–Crippen MR) is 97.9 cm³/mol. The minimum atomic E-state index is -0.248. The second-order valence-corrected chi connectivity index (χ2v) is 8.09.